The number of thioether (sulfide) groups is 1. The minimum absolute atomic E-state index is 0.00345. The van der Waals surface area contributed by atoms with Gasteiger partial charge in [-0.2, -0.15) is 11.8 Å². The SMILES string of the molecule is Cc1cccc2nc(CN3C(=O)CC4(CCSC4)C3=O)cn12. The topological polar surface area (TPSA) is 54.7 Å². The summed E-state index contributed by atoms with van der Waals surface area (Å²) in [4.78, 5) is 30.9. The second-order valence-corrected chi connectivity index (χ2v) is 7.28. The molecule has 1 spiro atoms. The highest BCUT2D eigenvalue weighted by atomic mass is 32.2. The molecular formula is C16H17N3O2S. The van der Waals surface area contributed by atoms with E-state index in [0.717, 1.165) is 35.0 Å². The van der Waals surface area contributed by atoms with Gasteiger partial charge in [-0.05, 0) is 31.2 Å². The van der Waals surface area contributed by atoms with Gasteiger partial charge in [0, 0.05) is 24.1 Å². The number of aromatic nitrogens is 2. The Balaban J connectivity index is 1.63. The summed E-state index contributed by atoms with van der Waals surface area (Å²) < 4.78 is 1.99. The van der Waals surface area contributed by atoms with Crippen LogP contribution < -0.4 is 0 Å². The monoisotopic (exact) mass is 315 g/mol. The van der Waals surface area contributed by atoms with Gasteiger partial charge in [-0.25, -0.2) is 4.98 Å². The number of fused-ring (bicyclic) bond motifs is 1. The van der Waals surface area contributed by atoms with E-state index in [1.807, 2.05) is 35.7 Å². The number of rotatable bonds is 2. The van der Waals surface area contributed by atoms with Crippen LogP contribution in [0.25, 0.3) is 5.65 Å². The number of nitrogens with zero attached hydrogens (tertiary/aromatic N) is 3. The Hall–Kier alpha value is -1.82. The van der Waals surface area contributed by atoms with Crippen LogP contribution in [0.4, 0.5) is 0 Å². The number of hydrogen-bond acceptors (Lipinski definition) is 4. The van der Waals surface area contributed by atoms with Gasteiger partial charge in [0.15, 0.2) is 0 Å². The Bertz CT molecular complexity index is 777. The standard InChI is InChI=1S/C16H17N3O2S/c1-11-3-2-4-13-17-12(8-18(11)13)9-19-14(20)7-16(15(19)21)5-6-22-10-16/h2-4,8H,5-7,9-10H2,1H3. The number of carbonyl (C=O) groups excluding carboxylic acids is 2. The number of imide groups is 1. The third kappa shape index (κ3) is 1.97. The average Bonchev–Trinajstić information content (AvgIpc) is 3.16. The predicted molar refractivity (Wildman–Crippen MR) is 84.5 cm³/mol. The maximum Gasteiger partial charge on any atom is 0.237 e. The summed E-state index contributed by atoms with van der Waals surface area (Å²) in [5.74, 6) is 1.69. The maximum atomic E-state index is 12.7. The van der Waals surface area contributed by atoms with E-state index in [-0.39, 0.29) is 18.4 Å². The second-order valence-electron chi connectivity index (χ2n) is 6.17. The number of carbonyl (C=O) groups is 2. The zero-order valence-corrected chi connectivity index (χ0v) is 13.2. The van der Waals surface area contributed by atoms with Gasteiger partial charge >= 0.3 is 0 Å². The molecule has 0 N–H and O–H groups in total. The second kappa shape index (κ2) is 4.84. The largest absolute Gasteiger partial charge is 0.304 e. The molecule has 0 bridgehead atoms. The van der Waals surface area contributed by atoms with E-state index in [1.165, 1.54) is 4.90 Å². The summed E-state index contributed by atoms with van der Waals surface area (Å²) in [6.07, 6.45) is 3.11. The molecule has 2 aromatic rings. The normalized spacial score (nSPS) is 25.0. The molecule has 0 radical (unpaired) electrons. The van der Waals surface area contributed by atoms with Gasteiger partial charge in [-0.15, -0.1) is 0 Å². The molecule has 2 saturated heterocycles. The molecule has 4 rings (SSSR count). The first-order chi connectivity index (χ1) is 10.6. The Morgan fingerprint density at radius 2 is 2.23 bits per heavy atom. The molecule has 22 heavy (non-hydrogen) atoms. The number of likely N-dealkylation sites (tertiary alicyclic amines) is 1. The van der Waals surface area contributed by atoms with Crippen LogP contribution in [0.15, 0.2) is 24.4 Å². The number of imidazole rings is 1. The van der Waals surface area contributed by atoms with E-state index < -0.39 is 5.41 Å². The Morgan fingerprint density at radius 3 is 2.95 bits per heavy atom. The lowest BCUT2D eigenvalue weighted by molar-refractivity contribution is -0.141. The van der Waals surface area contributed by atoms with Gasteiger partial charge in [0.25, 0.3) is 0 Å². The molecule has 2 amide bonds. The predicted octanol–water partition coefficient (Wildman–Crippen LogP) is 2.02. The van der Waals surface area contributed by atoms with E-state index in [2.05, 4.69) is 4.98 Å². The van der Waals surface area contributed by atoms with Crippen LogP contribution in [0.1, 0.15) is 24.2 Å². The lowest BCUT2D eigenvalue weighted by Crippen LogP contribution is -2.35. The summed E-state index contributed by atoms with van der Waals surface area (Å²) in [7, 11) is 0. The van der Waals surface area contributed by atoms with Gasteiger partial charge in [-0.1, -0.05) is 6.07 Å². The molecule has 0 aromatic carbocycles. The summed E-state index contributed by atoms with van der Waals surface area (Å²) in [6.45, 7) is 2.29. The first-order valence-corrected chi connectivity index (χ1v) is 8.61. The molecular weight excluding hydrogens is 298 g/mol. The summed E-state index contributed by atoms with van der Waals surface area (Å²) in [5, 5.41) is 0. The van der Waals surface area contributed by atoms with Crippen LogP contribution in [0.3, 0.4) is 0 Å². The van der Waals surface area contributed by atoms with Crippen LogP contribution in [0, 0.1) is 12.3 Å². The van der Waals surface area contributed by atoms with Crippen LogP contribution in [0.5, 0.6) is 0 Å². The fourth-order valence-electron chi connectivity index (χ4n) is 3.37. The molecule has 2 aliphatic heterocycles. The molecule has 0 saturated carbocycles. The fourth-order valence-corrected chi connectivity index (χ4v) is 4.81. The Morgan fingerprint density at radius 1 is 1.36 bits per heavy atom. The molecule has 5 nitrogen and oxygen atoms in total. The van der Waals surface area contributed by atoms with Gasteiger partial charge in [-0.3, -0.25) is 14.5 Å². The van der Waals surface area contributed by atoms with E-state index in [1.54, 1.807) is 11.8 Å². The lowest BCUT2D eigenvalue weighted by atomic mass is 9.86. The summed E-state index contributed by atoms with van der Waals surface area (Å²) >= 11 is 1.77. The van der Waals surface area contributed by atoms with Gasteiger partial charge in [0.1, 0.15) is 5.65 Å². The highest BCUT2D eigenvalue weighted by Gasteiger charge is 2.53. The van der Waals surface area contributed by atoms with Crippen molar-refractivity contribution < 1.29 is 9.59 Å². The van der Waals surface area contributed by atoms with Gasteiger partial charge in [0.2, 0.25) is 11.8 Å². The quantitative estimate of drug-likeness (QED) is 0.796. The van der Waals surface area contributed by atoms with Crippen molar-refractivity contribution >= 4 is 29.2 Å². The van der Waals surface area contributed by atoms with E-state index in [0.29, 0.717) is 6.42 Å². The third-order valence-electron chi connectivity index (χ3n) is 4.66. The molecule has 114 valence electrons. The number of amides is 2. The highest BCUT2D eigenvalue weighted by Crippen LogP contribution is 2.45. The van der Waals surface area contributed by atoms with Gasteiger partial charge < -0.3 is 4.40 Å². The van der Waals surface area contributed by atoms with Crippen LogP contribution >= 0.6 is 11.8 Å². The van der Waals surface area contributed by atoms with Crippen LogP contribution in [-0.4, -0.2) is 37.6 Å². The third-order valence-corrected chi connectivity index (χ3v) is 5.91. The van der Waals surface area contributed by atoms with Crippen LogP contribution in [-0.2, 0) is 16.1 Å². The molecule has 2 aromatic heterocycles. The molecule has 2 fully saturated rings. The Labute approximate surface area is 132 Å². The smallest absolute Gasteiger partial charge is 0.237 e. The molecule has 2 aliphatic rings. The minimum atomic E-state index is -0.434. The number of pyridine rings is 1. The van der Waals surface area contributed by atoms with Crippen molar-refractivity contribution in [2.75, 3.05) is 11.5 Å². The zero-order valence-electron chi connectivity index (χ0n) is 12.4. The van der Waals surface area contributed by atoms with Crippen LogP contribution in [0.2, 0.25) is 0 Å². The van der Waals surface area contributed by atoms with E-state index in [9.17, 15) is 9.59 Å². The molecule has 1 unspecified atom stereocenters. The maximum absolute atomic E-state index is 12.7. The van der Waals surface area contributed by atoms with Crippen molar-refractivity contribution in [3.63, 3.8) is 0 Å². The van der Waals surface area contributed by atoms with Crippen molar-refractivity contribution in [3.8, 4) is 0 Å². The Kier molecular flexibility index (Phi) is 3.04. The van der Waals surface area contributed by atoms with Crippen molar-refractivity contribution in [1.29, 1.82) is 0 Å². The molecule has 4 heterocycles. The molecule has 1 atom stereocenters. The summed E-state index contributed by atoms with van der Waals surface area (Å²) in [6, 6.07) is 5.90. The lowest BCUT2D eigenvalue weighted by Gasteiger charge is -2.19. The fraction of sp³-hybridized carbons (Fsp3) is 0.438. The highest BCUT2D eigenvalue weighted by molar-refractivity contribution is 7.99. The van der Waals surface area contributed by atoms with E-state index in [4.69, 9.17) is 0 Å². The number of aryl methyl sites for hydroxylation is 1. The zero-order chi connectivity index (χ0) is 15.3. The average molecular weight is 315 g/mol. The molecule has 0 aliphatic carbocycles. The number of hydrogen-bond donors (Lipinski definition) is 0. The van der Waals surface area contributed by atoms with Crippen molar-refractivity contribution in [2.45, 2.75) is 26.3 Å². The van der Waals surface area contributed by atoms with E-state index >= 15 is 0 Å². The van der Waals surface area contributed by atoms with Crippen molar-refractivity contribution in [2.24, 2.45) is 5.41 Å². The first-order valence-electron chi connectivity index (χ1n) is 7.45. The summed E-state index contributed by atoms with van der Waals surface area (Å²) in [5.41, 5.74) is 2.26. The van der Waals surface area contributed by atoms with Crippen molar-refractivity contribution in [3.05, 3.63) is 35.8 Å². The first kappa shape index (κ1) is 13.8. The van der Waals surface area contributed by atoms with Gasteiger partial charge in [0.05, 0.1) is 17.7 Å². The minimum Gasteiger partial charge on any atom is -0.304 e. The van der Waals surface area contributed by atoms with Crippen molar-refractivity contribution in [1.82, 2.24) is 14.3 Å². The molecule has 6 heteroatoms.